The van der Waals surface area contributed by atoms with Crippen molar-refractivity contribution in [2.24, 2.45) is 0 Å². The molecule has 226 valence electrons. The molecule has 0 N–H and O–H groups in total. The van der Waals surface area contributed by atoms with Crippen LogP contribution in [0.15, 0.2) is 91.0 Å². The standard InChI is InChI=1S/C39H58P.BrH/c1-2-3-4-5-6-7-8-9-10-11-12-13-14-15-16-17-18-19-29-36-40(37-30-23-20-24-31-37,38-32-25-21-26-33-38)39-34-27-22-28-35-39;/h20-28,30-35H,2-19,29,36H2,1H3;1H/q+1;/p-1. The fourth-order valence-corrected chi connectivity index (χ4v) is 10.7. The first kappa shape index (κ1) is 35.8. The van der Waals surface area contributed by atoms with Gasteiger partial charge < -0.3 is 17.0 Å². The third-order valence-corrected chi connectivity index (χ3v) is 13.2. The molecule has 0 heterocycles. The first-order valence-electron chi connectivity index (χ1n) is 16.9. The molecule has 2 heteroatoms. The Morgan fingerprint density at radius 2 is 0.585 bits per heavy atom. The number of rotatable bonds is 23. The molecule has 0 radical (unpaired) electrons. The Morgan fingerprint density at radius 1 is 0.341 bits per heavy atom. The van der Waals surface area contributed by atoms with Crippen molar-refractivity contribution in [2.75, 3.05) is 6.16 Å². The SMILES string of the molecule is CCCCCCCCCCCCCCCCCCCCC[P+](c1ccccc1)(c1ccccc1)c1ccccc1.[Br-]. The molecule has 0 saturated carbocycles. The highest BCUT2D eigenvalue weighted by Crippen LogP contribution is 2.56. The second kappa shape index (κ2) is 23.1. The monoisotopic (exact) mass is 636 g/mol. The Bertz CT molecular complexity index is 876. The van der Waals surface area contributed by atoms with E-state index in [-0.39, 0.29) is 17.0 Å². The maximum Gasteiger partial charge on any atom is 0.112 e. The Morgan fingerprint density at radius 3 is 0.854 bits per heavy atom. The Labute approximate surface area is 265 Å². The first-order chi connectivity index (χ1) is 19.9. The highest BCUT2D eigenvalue weighted by Gasteiger charge is 2.44. The molecule has 0 amide bonds. The summed E-state index contributed by atoms with van der Waals surface area (Å²) in [6.07, 6.45) is 28.5. The lowest BCUT2D eigenvalue weighted by atomic mass is 10.0. The topological polar surface area (TPSA) is 0 Å². The van der Waals surface area contributed by atoms with E-state index in [2.05, 4.69) is 97.9 Å². The van der Waals surface area contributed by atoms with Crippen LogP contribution in [0.4, 0.5) is 0 Å². The third-order valence-electron chi connectivity index (χ3n) is 8.69. The van der Waals surface area contributed by atoms with Crippen molar-refractivity contribution in [1.82, 2.24) is 0 Å². The van der Waals surface area contributed by atoms with Gasteiger partial charge in [-0.05, 0) is 49.2 Å². The zero-order valence-electron chi connectivity index (χ0n) is 26.1. The quantitative estimate of drug-likeness (QED) is 0.0724. The van der Waals surface area contributed by atoms with Crippen molar-refractivity contribution in [1.29, 1.82) is 0 Å². The minimum atomic E-state index is -1.65. The Hall–Kier alpha value is -1.43. The molecule has 0 aliphatic rings. The van der Waals surface area contributed by atoms with Crippen molar-refractivity contribution in [2.45, 2.75) is 129 Å². The van der Waals surface area contributed by atoms with Crippen LogP contribution in [0.3, 0.4) is 0 Å². The molecule has 3 rings (SSSR count). The van der Waals surface area contributed by atoms with E-state index in [1.165, 1.54) is 144 Å². The van der Waals surface area contributed by atoms with E-state index in [4.69, 9.17) is 0 Å². The third kappa shape index (κ3) is 13.2. The second-order valence-electron chi connectivity index (χ2n) is 11.9. The van der Waals surface area contributed by atoms with Gasteiger partial charge in [-0.15, -0.1) is 0 Å². The van der Waals surface area contributed by atoms with Crippen molar-refractivity contribution >= 4 is 23.2 Å². The molecule has 41 heavy (non-hydrogen) atoms. The lowest BCUT2D eigenvalue weighted by molar-refractivity contribution is -0.00000828. The molecule has 0 aliphatic carbocycles. The molecule has 3 aromatic carbocycles. The van der Waals surface area contributed by atoms with Crippen LogP contribution in [0, 0.1) is 0 Å². The van der Waals surface area contributed by atoms with Crippen LogP contribution in [0.25, 0.3) is 0 Å². The van der Waals surface area contributed by atoms with E-state index in [9.17, 15) is 0 Å². The van der Waals surface area contributed by atoms with E-state index in [1.54, 1.807) is 0 Å². The molecule has 3 aromatic rings. The molecule has 0 nitrogen and oxygen atoms in total. The summed E-state index contributed by atoms with van der Waals surface area (Å²) in [6.45, 7) is 2.30. The fraction of sp³-hybridized carbons (Fsp3) is 0.538. The smallest absolute Gasteiger partial charge is 0.112 e. The van der Waals surface area contributed by atoms with Crippen LogP contribution in [0.1, 0.15) is 129 Å². The Kier molecular flexibility index (Phi) is 20.1. The van der Waals surface area contributed by atoms with Crippen LogP contribution in [-0.4, -0.2) is 6.16 Å². The predicted molar refractivity (Wildman–Crippen MR) is 183 cm³/mol. The van der Waals surface area contributed by atoms with Gasteiger partial charge >= 0.3 is 0 Å². The van der Waals surface area contributed by atoms with Gasteiger partial charge in [-0.3, -0.25) is 0 Å². The van der Waals surface area contributed by atoms with Gasteiger partial charge in [-0.1, -0.05) is 171 Å². The van der Waals surface area contributed by atoms with Crippen LogP contribution in [0.2, 0.25) is 0 Å². The number of benzene rings is 3. The minimum Gasteiger partial charge on any atom is -1.00 e. The average Bonchev–Trinajstić information content (AvgIpc) is 3.01. The van der Waals surface area contributed by atoms with E-state index in [0.717, 1.165) is 0 Å². The summed E-state index contributed by atoms with van der Waals surface area (Å²) < 4.78 is 0. The van der Waals surface area contributed by atoms with Gasteiger partial charge in [-0.25, -0.2) is 0 Å². The maximum absolute atomic E-state index is 2.38. The number of hydrogen-bond donors (Lipinski definition) is 0. The van der Waals surface area contributed by atoms with Gasteiger partial charge in [0.15, 0.2) is 0 Å². The van der Waals surface area contributed by atoms with Crippen LogP contribution in [0.5, 0.6) is 0 Å². The largest absolute Gasteiger partial charge is 1.00 e. The zero-order valence-corrected chi connectivity index (χ0v) is 28.6. The van der Waals surface area contributed by atoms with Crippen molar-refractivity contribution < 1.29 is 17.0 Å². The molecule has 0 aromatic heterocycles. The van der Waals surface area contributed by atoms with Gasteiger partial charge in [0, 0.05) is 0 Å². The van der Waals surface area contributed by atoms with Crippen LogP contribution < -0.4 is 32.9 Å². The molecule has 0 bridgehead atoms. The summed E-state index contributed by atoms with van der Waals surface area (Å²) in [5, 5.41) is 4.57. The highest BCUT2D eigenvalue weighted by molar-refractivity contribution is 7.95. The van der Waals surface area contributed by atoms with Gasteiger partial charge in [0.05, 0.1) is 6.16 Å². The summed E-state index contributed by atoms with van der Waals surface area (Å²) in [7, 11) is -1.65. The van der Waals surface area contributed by atoms with Crippen LogP contribution in [-0.2, 0) is 0 Å². The van der Waals surface area contributed by atoms with Crippen molar-refractivity contribution in [3.8, 4) is 0 Å². The summed E-state index contributed by atoms with van der Waals surface area (Å²) in [6, 6.07) is 34.1. The zero-order chi connectivity index (χ0) is 28.0. The second-order valence-corrected chi connectivity index (χ2v) is 15.5. The molecule has 0 unspecified atom stereocenters. The summed E-state index contributed by atoms with van der Waals surface area (Å²) in [5.41, 5.74) is 0. The van der Waals surface area contributed by atoms with Crippen LogP contribution >= 0.6 is 7.26 Å². The molecule has 0 spiro atoms. The summed E-state index contributed by atoms with van der Waals surface area (Å²) >= 11 is 0. The summed E-state index contributed by atoms with van der Waals surface area (Å²) in [4.78, 5) is 0. The predicted octanol–water partition coefficient (Wildman–Crippen LogP) is 8.42. The lowest BCUT2D eigenvalue weighted by Crippen LogP contribution is -3.00. The first-order valence-corrected chi connectivity index (χ1v) is 18.9. The average molecular weight is 638 g/mol. The van der Waals surface area contributed by atoms with E-state index in [0.29, 0.717) is 0 Å². The molecular formula is C39H58BrP. The Balaban J connectivity index is 0.00000588. The molecule has 0 aliphatic heterocycles. The maximum atomic E-state index is 2.38. The number of halogens is 1. The fourth-order valence-electron chi connectivity index (χ4n) is 6.31. The van der Waals surface area contributed by atoms with E-state index >= 15 is 0 Å². The molecule has 0 atom stereocenters. The summed E-state index contributed by atoms with van der Waals surface area (Å²) in [5.74, 6) is 0. The lowest BCUT2D eigenvalue weighted by Gasteiger charge is -2.27. The molecule has 0 saturated heterocycles. The van der Waals surface area contributed by atoms with Gasteiger partial charge in [-0.2, -0.15) is 0 Å². The van der Waals surface area contributed by atoms with Gasteiger partial charge in [0.2, 0.25) is 0 Å². The van der Waals surface area contributed by atoms with Gasteiger partial charge in [0.25, 0.3) is 0 Å². The minimum absolute atomic E-state index is 0. The highest BCUT2D eigenvalue weighted by atomic mass is 79.9. The number of hydrogen-bond acceptors (Lipinski definition) is 0. The van der Waals surface area contributed by atoms with E-state index in [1.807, 2.05) is 0 Å². The normalized spacial score (nSPS) is 11.3. The van der Waals surface area contributed by atoms with Crippen molar-refractivity contribution in [3.63, 3.8) is 0 Å². The molecule has 0 fully saturated rings. The van der Waals surface area contributed by atoms with Gasteiger partial charge in [0.1, 0.15) is 23.2 Å². The van der Waals surface area contributed by atoms with Crippen molar-refractivity contribution in [3.05, 3.63) is 91.0 Å². The van der Waals surface area contributed by atoms with E-state index < -0.39 is 7.26 Å². The molecular weight excluding hydrogens is 579 g/mol. The number of unbranched alkanes of at least 4 members (excludes halogenated alkanes) is 18.